The molecule has 1 rings (SSSR count). The van der Waals surface area contributed by atoms with Crippen LogP contribution in [-0.2, 0) is 9.53 Å². The van der Waals surface area contributed by atoms with Crippen molar-refractivity contribution in [1.82, 2.24) is 0 Å². The average Bonchev–Trinajstić information content (AvgIpc) is 1.69. The molecule has 0 bridgehead atoms. The van der Waals surface area contributed by atoms with Crippen molar-refractivity contribution in [2.45, 2.75) is 19.3 Å². The lowest BCUT2D eigenvalue weighted by Gasteiger charge is -2.08. The Morgan fingerprint density at radius 1 is 1.38 bits per heavy atom. The van der Waals surface area contributed by atoms with Gasteiger partial charge in [-0.05, 0) is 12.8 Å². The largest absolute Gasteiger partial charge is 0.466 e. The molecule has 0 aromatic rings. The van der Waals surface area contributed by atoms with Crippen LogP contribution in [0.3, 0.4) is 0 Å². The van der Waals surface area contributed by atoms with Crippen molar-refractivity contribution in [1.29, 1.82) is 0 Å². The van der Waals surface area contributed by atoms with Gasteiger partial charge in [0.15, 0.2) is 0 Å². The Kier molecular flexibility index (Phi) is 3.19. The van der Waals surface area contributed by atoms with Crippen LogP contribution in [0.5, 0.6) is 0 Å². The number of hydrogen-bond acceptors (Lipinski definition) is 2. The molecule has 1 aliphatic heterocycles. The highest BCUT2D eigenvalue weighted by Crippen LogP contribution is 2.04. The summed E-state index contributed by atoms with van der Waals surface area (Å²) >= 11 is 0. The Balaban J connectivity index is 0.000000490. The van der Waals surface area contributed by atoms with Crippen LogP contribution in [0.25, 0.3) is 0 Å². The topological polar surface area (TPSA) is 57.8 Å². The van der Waals surface area contributed by atoms with E-state index in [9.17, 15) is 4.79 Å². The molecule has 0 spiro atoms. The van der Waals surface area contributed by atoms with Gasteiger partial charge in [-0.15, -0.1) is 0 Å². The van der Waals surface area contributed by atoms with E-state index < -0.39 is 0 Å². The van der Waals surface area contributed by atoms with Gasteiger partial charge in [-0.25, -0.2) is 0 Å². The quantitative estimate of drug-likeness (QED) is 0.416. The first kappa shape index (κ1) is 7.43. The van der Waals surface area contributed by atoms with Crippen molar-refractivity contribution in [2.75, 3.05) is 6.61 Å². The molecule has 0 atom stereocenters. The zero-order chi connectivity index (χ0) is 5.11. The molecule has 8 heavy (non-hydrogen) atoms. The first-order valence-corrected chi connectivity index (χ1v) is 2.55. The number of esters is 1. The van der Waals surface area contributed by atoms with Crippen LogP contribution >= 0.6 is 0 Å². The van der Waals surface area contributed by atoms with Gasteiger partial charge in [0, 0.05) is 6.42 Å². The second kappa shape index (κ2) is 3.43. The summed E-state index contributed by atoms with van der Waals surface area (Å²) in [7, 11) is 0. The first-order chi connectivity index (χ1) is 3.39. The first-order valence-electron chi connectivity index (χ1n) is 2.55. The summed E-state index contributed by atoms with van der Waals surface area (Å²) in [5.41, 5.74) is 0. The lowest BCUT2D eigenvalue weighted by molar-refractivity contribution is -0.146. The number of ether oxygens (including phenoxy) is 1. The Morgan fingerprint density at radius 3 is 2.38 bits per heavy atom. The molecule has 0 saturated carbocycles. The second-order valence-electron chi connectivity index (χ2n) is 1.68. The van der Waals surface area contributed by atoms with Crippen molar-refractivity contribution in [3.63, 3.8) is 0 Å². The minimum Gasteiger partial charge on any atom is -0.466 e. The maximum atomic E-state index is 10.2. The molecule has 48 valence electrons. The van der Waals surface area contributed by atoms with E-state index in [2.05, 4.69) is 4.74 Å². The van der Waals surface area contributed by atoms with Crippen molar-refractivity contribution >= 4 is 5.97 Å². The summed E-state index contributed by atoms with van der Waals surface area (Å²) in [6, 6.07) is 0. The highest BCUT2D eigenvalue weighted by Gasteiger charge is 2.06. The molecule has 0 aromatic carbocycles. The summed E-state index contributed by atoms with van der Waals surface area (Å²) in [6.45, 7) is 0.638. The van der Waals surface area contributed by atoms with Crippen LogP contribution < -0.4 is 0 Å². The van der Waals surface area contributed by atoms with Gasteiger partial charge >= 0.3 is 5.97 Å². The Hall–Kier alpha value is -0.570. The van der Waals surface area contributed by atoms with E-state index >= 15 is 0 Å². The fourth-order valence-electron chi connectivity index (χ4n) is 0.630. The molecular weight excluding hydrogens is 108 g/mol. The van der Waals surface area contributed by atoms with Crippen LogP contribution in [0, 0.1) is 0 Å². The van der Waals surface area contributed by atoms with Gasteiger partial charge in [-0.3, -0.25) is 4.79 Å². The van der Waals surface area contributed by atoms with Crippen molar-refractivity contribution in [3.05, 3.63) is 0 Å². The summed E-state index contributed by atoms with van der Waals surface area (Å²) in [6.07, 6.45) is 2.69. The average molecular weight is 118 g/mol. The van der Waals surface area contributed by atoms with E-state index in [1.54, 1.807) is 0 Å². The lowest BCUT2D eigenvalue weighted by Crippen LogP contribution is -2.10. The van der Waals surface area contributed by atoms with Crippen LogP contribution in [0.15, 0.2) is 0 Å². The fraction of sp³-hybridized carbons (Fsp3) is 0.800. The number of carbonyl (C=O) groups excluding carboxylic acids is 1. The second-order valence-corrected chi connectivity index (χ2v) is 1.68. The van der Waals surface area contributed by atoms with Gasteiger partial charge in [-0.2, -0.15) is 0 Å². The number of rotatable bonds is 0. The Morgan fingerprint density at radius 2 is 2.12 bits per heavy atom. The van der Waals surface area contributed by atoms with Crippen LogP contribution in [-0.4, -0.2) is 18.1 Å². The lowest BCUT2D eigenvalue weighted by atomic mass is 10.2. The molecule has 3 nitrogen and oxygen atoms in total. The van der Waals surface area contributed by atoms with Crippen LogP contribution in [0.2, 0.25) is 0 Å². The van der Waals surface area contributed by atoms with E-state index in [1.165, 1.54) is 0 Å². The summed E-state index contributed by atoms with van der Waals surface area (Å²) in [4.78, 5) is 10.2. The molecule has 2 N–H and O–H groups in total. The SMILES string of the molecule is O.O=C1CCCCO1. The third kappa shape index (κ3) is 1.93. The summed E-state index contributed by atoms with van der Waals surface area (Å²) in [5.74, 6) is -0.0359. The number of carbonyl (C=O) groups is 1. The number of cyclic esters (lactones) is 1. The minimum atomic E-state index is -0.0359. The van der Waals surface area contributed by atoms with Crippen LogP contribution in [0.1, 0.15) is 19.3 Å². The molecule has 0 radical (unpaired) electrons. The van der Waals surface area contributed by atoms with Crippen molar-refractivity contribution < 1.29 is 15.0 Å². The van der Waals surface area contributed by atoms with Crippen molar-refractivity contribution in [3.8, 4) is 0 Å². The molecule has 0 amide bonds. The van der Waals surface area contributed by atoms with Gasteiger partial charge in [0.25, 0.3) is 0 Å². The number of hydrogen-bond donors (Lipinski definition) is 0. The maximum Gasteiger partial charge on any atom is 0.305 e. The molecule has 1 fully saturated rings. The zero-order valence-electron chi connectivity index (χ0n) is 4.64. The predicted octanol–water partition coefficient (Wildman–Crippen LogP) is -0.111. The van der Waals surface area contributed by atoms with Gasteiger partial charge in [0.1, 0.15) is 0 Å². The Labute approximate surface area is 47.9 Å². The van der Waals surface area contributed by atoms with E-state index in [0.29, 0.717) is 13.0 Å². The molecule has 0 aromatic heterocycles. The normalized spacial score (nSPS) is 18.8. The molecule has 1 saturated heterocycles. The van der Waals surface area contributed by atoms with Gasteiger partial charge < -0.3 is 10.2 Å². The van der Waals surface area contributed by atoms with Gasteiger partial charge in [0.2, 0.25) is 0 Å². The standard InChI is InChI=1S/C5H8O2.H2O/c6-5-3-1-2-4-7-5;/h1-4H2;1H2. The van der Waals surface area contributed by atoms with Gasteiger partial charge in [0.05, 0.1) is 6.61 Å². The van der Waals surface area contributed by atoms with E-state index in [4.69, 9.17) is 0 Å². The maximum absolute atomic E-state index is 10.2. The van der Waals surface area contributed by atoms with E-state index in [-0.39, 0.29) is 11.4 Å². The van der Waals surface area contributed by atoms with E-state index in [0.717, 1.165) is 12.8 Å². The monoisotopic (exact) mass is 118 g/mol. The summed E-state index contributed by atoms with van der Waals surface area (Å²) < 4.78 is 4.64. The molecule has 1 heterocycles. The minimum absolute atomic E-state index is 0. The van der Waals surface area contributed by atoms with Crippen molar-refractivity contribution in [2.24, 2.45) is 0 Å². The molecule has 3 heteroatoms. The van der Waals surface area contributed by atoms with Gasteiger partial charge in [-0.1, -0.05) is 0 Å². The molecular formula is C5H10O3. The predicted molar refractivity (Wildman–Crippen MR) is 28.4 cm³/mol. The van der Waals surface area contributed by atoms with E-state index in [1.807, 2.05) is 0 Å². The third-order valence-electron chi connectivity index (χ3n) is 1.04. The highest BCUT2D eigenvalue weighted by atomic mass is 16.5. The molecule has 1 aliphatic rings. The molecule has 0 aliphatic carbocycles. The van der Waals surface area contributed by atoms with Crippen LogP contribution in [0.4, 0.5) is 0 Å². The summed E-state index contributed by atoms with van der Waals surface area (Å²) in [5, 5.41) is 0. The third-order valence-corrected chi connectivity index (χ3v) is 1.04. The highest BCUT2D eigenvalue weighted by molar-refractivity contribution is 5.69. The fourth-order valence-corrected chi connectivity index (χ4v) is 0.630. The molecule has 0 unspecified atom stereocenters. The zero-order valence-corrected chi connectivity index (χ0v) is 4.64. The Bertz CT molecular complexity index is 71.7. The smallest absolute Gasteiger partial charge is 0.305 e.